The second kappa shape index (κ2) is 26.3. The lowest BCUT2D eigenvalue weighted by molar-refractivity contribution is 0.409. The zero-order valence-corrected chi connectivity index (χ0v) is 32.3. The molecule has 0 bridgehead atoms. The van der Waals surface area contributed by atoms with Crippen LogP contribution in [0.5, 0.6) is 0 Å². The van der Waals surface area contributed by atoms with E-state index in [1.54, 1.807) is 6.08 Å². The summed E-state index contributed by atoms with van der Waals surface area (Å²) in [5.41, 5.74) is 6.22. The summed E-state index contributed by atoms with van der Waals surface area (Å²) in [6.07, 6.45) is 12.0. The van der Waals surface area contributed by atoms with Crippen molar-refractivity contribution < 1.29 is 4.39 Å². The maximum Gasteiger partial charge on any atom is 0.139 e. The highest BCUT2D eigenvalue weighted by atomic mass is 19.1. The Kier molecular flexibility index (Phi) is 25.9. The first-order valence-corrected chi connectivity index (χ1v) is 18.1. The summed E-state index contributed by atoms with van der Waals surface area (Å²) in [4.78, 5) is 8.40. The molecule has 2 aromatic rings. The maximum atomic E-state index is 13.1. The van der Waals surface area contributed by atoms with Crippen LogP contribution in [0.1, 0.15) is 153 Å². The first-order valence-electron chi connectivity index (χ1n) is 18.1. The summed E-state index contributed by atoms with van der Waals surface area (Å²) >= 11 is 0. The molecule has 1 unspecified atom stereocenters. The summed E-state index contributed by atoms with van der Waals surface area (Å²) in [5, 5.41) is 4.68. The van der Waals surface area contributed by atoms with Gasteiger partial charge >= 0.3 is 0 Å². The van der Waals surface area contributed by atoms with Crippen molar-refractivity contribution in [2.45, 2.75) is 154 Å². The largest absolute Gasteiger partial charge is 0.269 e. The molecule has 46 heavy (non-hydrogen) atoms. The molecule has 3 rings (SSSR count). The van der Waals surface area contributed by atoms with Crippen molar-refractivity contribution in [3.8, 4) is 11.4 Å². The smallest absolute Gasteiger partial charge is 0.139 e. The third kappa shape index (κ3) is 18.4. The van der Waals surface area contributed by atoms with Gasteiger partial charge in [-0.3, -0.25) is 14.7 Å². The Morgan fingerprint density at radius 2 is 1.50 bits per heavy atom. The van der Waals surface area contributed by atoms with Crippen LogP contribution in [0.4, 0.5) is 4.39 Å². The number of hydrogen-bond acceptors (Lipinski definition) is 3. The molecular weight excluding hydrogens is 567 g/mol. The lowest BCUT2D eigenvalue weighted by Crippen LogP contribution is -2.07. The van der Waals surface area contributed by atoms with E-state index in [9.17, 15) is 4.39 Å². The van der Waals surface area contributed by atoms with Crippen LogP contribution in [-0.4, -0.2) is 27.7 Å². The van der Waals surface area contributed by atoms with Crippen molar-refractivity contribution in [1.82, 2.24) is 14.8 Å². The van der Waals surface area contributed by atoms with Gasteiger partial charge in [0.1, 0.15) is 11.9 Å². The van der Waals surface area contributed by atoms with E-state index in [4.69, 9.17) is 4.98 Å². The molecule has 5 heteroatoms. The van der Waals surface area contributed by atoms with Gasteiger partial charge < -0.3 is 0 Å². The van der Waals surface area contributed by atoms with Gasteiger partial charge in [-0.25, -0.2) is 4.39 Å². The van der Waals surface area contributed by atoms with Gasteiger partial charge in [0, 0.05) is 11.9 Å². The van der Waals surface area contributed by atoms with Crippen LogP contribution >= 0.6 is 0 Å². The zero-order valence-electron chi connectivity index (χ0n) is 32.3. The van der Waals surface area contributed by atoms with E-state index in [0.29, 0.717) is 29.5 Å². The Hall–Kier alpha value is -2.82. The number of nitrogens with zero attached hydrogens (tertiary/aromatic N) is 4. The molecule has 0 aliphatic heterocycles. The number of halogens is 1. The topological polar surface area (TPSA) is 43.1 Å². The fourth-order valence-corrected chi connectivity index (χ4v) is 4.32. The van der Waals surface area contributed by atoms with Crippen LogP contribution in [0, 0.1) is 17.8 Å². The molecule has 2 aromatic heterocycles. The van der Waals surface area contributed by atoms with Gasteiger partial charge in [0.15, 0.2) is 0 Å². The minimum atomic E-state index is -1.04. The van der Waals surface area contributed by atoms with E-state index in [0.717, 1.165) is 48.7 Å². The molecule has 0 spiro atoms. The minimum absolute atomic E-state index is 0.425. The van der Waals surface area contributed by atoms with Crippen molar-refractivity contribution in [3.63, 3.8) is 0 Å². The highest BCUT2D eigenvalue weighted by Gasteiger charge is 2.23. The normalized spacial score (nSPS) is 13.5. The van der Waals surface area contributed by atoms with Gasteiger partial charge in [-0.15, -0.1) is 0 Å². The summed E-state index contributed by atoms with van der Waals surface area (Å²) in [6.45, 7) is 36.3. The van der Waals surface area contributed by atoms with Gasteiger partial charge in [-0.1, -0.05) is 120 Å². The zero-order chi connectivity index (χ0) is 35.8. The van der Waals surface area contributed by atoms with Crippen LogP contribution in [0.3, 0.4) is 0 Å². The van der Waals surface area contributed by atoms with Crippen LogP contribution in [0.2, 0.25) is 0 Å². The molecule has 0 N–H and O–H groups in total. The van der Waals surface area contributed by atoms with Gasteiger partial charge in [0.25, 0.3) is 0 Å². The lowest BCUT2D eigenvalue weighted by Gasteiger charge is -2.12. The molecule has 2 heterocycles. The molecule has 1 aliphatic rings. The van der Waals surface area contributed by atoms with E-state index in [-0.39, 0.29) is 0 Å². The molecular formula is C41H71FN4. The number of aliphatic imine (C=N–C) groups is 1. The average Bonchev–Trinajstić information content (AvgIpc) is 3.76. The molecule has 0 saturated heterocycles. The Balaban J connectivity index is 0. The summed E-state index contributed by atoms with van der Waals surface area (Å²) in [6, 6.07) is 8.72. The number of rotatable bonds is 13. The van der Waals surface area contributed by atoms with Crippen molar-refractivity contribution in [2.75, 3.05) is 0 Å². The quantitative estimate of drug-likeness (QED) is 0.124. The highest BCUT2D eigenvalue weighted by molar-refractivity contribution is 5.53. The van der Waals surface area contributed by atoms with E-state index < -0.39 is 6.17 Å². The highest BCUT2D eigenvalue weighted by Crippen LogP contribution is 2.37. The molecule has 0 amide bonds. The number of allylic oxidation sites excluding steroid dienone is 5. The summed E-state index contributed by atoms with van der Waals surface area (Å²) < 4.78 is 15.1. The predicted octanol–water partition coefficient (Wildman–Crippen LogP) is 13.4. The molecule has 0 radical (unpaired) electrons. The monoisotopic (exact) mass is 639 g/mol. The first-order chi connectivity index (χ1) is 21.9. The lowest BCUT2D eigenvalue weighted by atomic mass is 9.97. The first kappa shape index (κ1) is 45.3. The van der Waals surface area contributed by atoms with Crippen molar-refractivity contribution >= 4 is 6.72 Å². The number of alkyl halides is 1. The van der Waals surface area contributed by atoms with E-state index in [2.05, 4.69) is 115 Å². The number of aromatic nitrogens is 3. The van der Waals surface area contributed by atoms with Crippen LogP contribution in [0.25, 0.3) is 11.4 Å². The fourth-order valence-electron chi connectivity index (χ4n) is 4.32. The molecule has 0 aromatic carbocycles. The van der Waals surface area contributed by atoms with Crippen LogP contribution < -0.4 is 0 Å². The van der Waals surface area contributed by atoms with Crippen LogP contribution in [0.15, 0.2) is 71.0 Å². The minimum Gasteiger partial charge on any atom is -0.269 e. The Morgan fingerprint density at radius 1 is 0.913 bits per heavy atom. The molecule has 4 nitrogen and oxygen atoms in total. The average molecular weight is 639 g/mol. The van der Waals surface area contributed by atoms with Gasteiger partial charge in [0.05, 0.1) is 17.4 Å². The maximum absolute atomic E-state index is 13.1. The Morgan fingerprint density at radius 3 is 1.89 bits per heavy atom. The van der Waals surface area contributed by atoms with Gasteiger partial charge in [-0.2, -0.15) is 5.10 Å². The van der Waals surface area contributed by atoms with Crippen molar-refractivity contribution in [1.29, 1.82) is 0 Å². The molecule has 1 aliphatic carbocycles. The second-order valence-corrected chi connectivity index (χ2v) is 12.3. The fraction of sp³-hybridized carbons (Fsp3) is 0.634. The Labute approximate surface area is 284 Å². The molecule has 1 atom stereocenters. The van der Waals surface area contributed by atoms with E-state index in [1.165, 1.54) is 30.9 Å². The Bertz CT molecular complexity index is 1130. The molecule has 1 saturated carbocycles. The third-order valence-electron chi connectivity index (χ3n) is 7.84. The van der Waals surface area contributed by atoms with Crippen molar-refractivity contribution in [3.05, 3.63) is 71.7 Å². The van der Waals surface area contributed by atoms with E-state index >= 15 is 0 Å². The van der Waals surface area contributed by atoms with E-state index in [1.807, 2.05) is 39.8 Å². The second-order valence-electron chi connectivity index (χ2n) is 12.3. The van der Waals surface area contributed by atoms with Gasteiger partial charge in [0.2, 0.25) is 0 Å². The standard InChI is InChI=1S/C16H23N3.C14H22FN.C7H14.2C2H6/c1-5-13(6-2)19-11-10-16(18-19)15-9-7-8-14(17-15)12(3)4;1-10(2)13(9-12-5-6-12)7-8-14(16-4)11(3)15;1-5-7(4)6(2)3;2*1-2/h7-13H,5-6H2,1-4H3;7-8,10-12H,4-6,9H2,1-3H3;6H,4-5H2,1-3H3;2*1-2H3/b;13-7+,14-8-;;;. The molecule has 262 valence electrons. The molecule has 1 fully saturated rings. The predicted molar refractivity (Wildman–Crippen MR) is 205 cm³/mol. The summed E-state index contributed by atoms with van der Waals surface area (Å²) in [7, 11) is 0. The van der Waals surface area contributed by atoms with Gasteiger partial charge in [-0.05, 0) is 100 Å². The SMILES string of the molecule is C=C(CC)C(C)C.C=N/C(=C\C=C(/CC1CC1)C(C)C)C(C)F.CC.CC.CCC(CC)n1ccc(-c2cccc(C(C)C)n2)n1. The van der Waals surface area contributed by atoms with Crippen molar-refractivity contribution in [2.24, 2.45) is 22.7 Å². The summed E-state index contributed by atoms with van der Waals surface area (Å²) in [5.74, 6) is 2.51. The number of pyridine rings is 1. The third-order valence-corrected chi connectivity index (χ3v) is 7.84. The van der Waals surface area contributed by atoms with Crippen LogP contribution in [-0.2, 0) is 0 Å². The number of hydrogen-bond donors (Lipinski definition) is 0.